The van der Waals surface area contributed by atoms with Crippen molar-refractivity contribution < 1.29 is 13.9 Å². The summed E-state index contributed by atoms with van der Waals surface area (Å²) in [4.78, 5) is 16.5. The number of halogens is 1. The number of amides is 1. The molecule has 0 unspecified atom stereocenters. The SMILES string of the molecule is CC(C)COc1ccc(NC(=O)Cc2cn3cc(F)ccc3n2)cc1. The largest absolute Gasteiger partial charge is 0.493 e. The van der Waals surface area contributed by atoms with E-state index in [1.54, 1.807) is 28.8 Å². The number of carbonyl (C=O) groups is 1. The Hall–Kier alpha value is -2.89. The number of carbonyl (C=O) groups excluding carboxylic acids is 1. The number of pyridine rings is 1. The van der Waals surface area contributed by atoms with Crippen molar-refractivity contribution in [3.05, 3.63) is 60.3 Å². The highest BCUT2D eigenvalue weighted by atomic mass is 19.1. The Kier molecular flexibility index (Phi) is 4.97. The van der Waals surface area contributed by atoms with Crippen molar-refractivity contribution in [2.24, 2.45) is 5.92 Å². The molecule has 3 rings (SSSR count). The van der Waals surface area contributed by atoms with Gasteiger partial charge in [0.25, 0.3) is 0 Å². The Morgan fingerprint density at radius 2 is 1.96 bits per heavy atom. The Morgan fingerprint density at radius 1 is 1.20 bits per heavy atom. The molecule has 130 valence electrons. The third-order valence-electron chi connectivity index (χ3n) is 3.53. The van der Waals surface area contributed by atoms with Gasteiger partial charge in [0.15, 0.2) is 0 Å². The van der Waals surface area contributed by atoms with E-state index in [1.807, 2.05) is 12.1 Å². The van der Waals surface area contributed by atoms with Crippen LogP contribution in [-0.4, -0.2) is 21.9 Å². The van der Waals surface area contributed by atoms with Crippen LogP contribution in [-0.2, 0) is 11.2 Å². The first-order valence-electron chi connectivity index (χ1n) is 8.15. The lowest BCUT2D eigenvalue weighted by molar-refractivity contribution is -0.115. The van der Waals surface area contributed by atoms with Crippen LogP contribution in [0.5, 0.6) is 5.75 Å². The van der Waals surface area contributed by atoms with Gasteiger partial charge in [-0.2, -0.15) is 0 Å². The predicted octanol–water partition coefficient (Wildman–Crippen LogP) is 3.69. The fourth-order valence-corrected chi connectivity index (χ4v) is 2.37. The zero-order valence-electron chi connectivity index (χ0n) is 14.2. The van der Waals surface area contributed by atoms with Crippen LogP contribution in [0.15, 0.2) is 48.8 Å². The summed E-state index contributed by atoms with van der Waals surface area (Å²) in [6, 6.07) is 10.2. The molecule has 0 fully saturated rings. The fraction of sp³-hybridized carbons (Fsp3) is 0.263. The van der Waals surface area contributed by atoms with E-state index < -0.39 is 0 Å². The maximum atomic E-state index is 13.2. The van der Waals surface area contributed by atoms with Gasteiger partial charge in [-0.15, -0.1) is 0 Å². The second-order valence-corrected chi connectivity index (χ2v) is 6.30. The predicted molar refractivity (Wildman–Crippen MR) is 94.3 cm³/mol. The van der Waals surface area contributed by atoms with E-state index in [0.29, 0.717) is 29.6 Å². The lowest BCUT2D eigenvalue weighted by atomic mass is 10.2. The monoisotopic (exact) mass is 341 g/mol. The molecule has 0 spiro atoms. The number of anilines is 1. The third-order valence-corrected chi connectivity index (χ3v) is 3.53. The minimum Gasteiger partial charge on any atom is -0.493 e. The van der Waals surface area contributed by atoms with E-state index >= 15 is 0 Å². The molecule has 0 radical (unpaired) electrons. The summed E-state index contributed by atoms with van der Waals surface area (Å²) in [6.07, 6.45) is 3.11. The van der Waals surface area contributed by atoms with Gasteiger partial charge >= 0.3 is 0 Å². The quantitative estimate of drug-likeness (QED) is 0.744. The van der Waals surface area contributed by atoms with Gasteiger partial charge in [0.2, 0.25) is 5.91 Å². The number of imidazole rings is 1. The highest BCUT2D eigenvalue weighted by molar-refractivity contribution is 5.92. The average Bonchev–Trinajstić information content (AvgIpc) is 2.95. The Morgan fingerprint density at radius 3 is 2.68 bits per heavy atom. The van der Waals surface area contributed by atoms with Gasteiger partial charge in [-0.3, -0.25) is 4.79 Å². The van der Waals surface area contributed by atoms with Crippen molar-refractivity contribution in [1.82, 2.24) is 9.38 Å². The third kappa shape index (κ3) is 4.56. The lowest BCUT2D eigenvalue weighted by Gasteiger charge is -2.09. The maximum absolute atomic E-state index is 13.2. The average molecular weight is 341 g/mol. The molecule has 0 saturated heterocycles. The number of rotatable bonds is 6. The number of nitrogens with zero attached hydrogens (tertiary/aromatic N) is 2. The molecule has 1 N–H and O–H groups in total. The first-order valence-corrected chi connectivity index (χ1v) is 8.15. The highest BCUT2D eigenvalue weighted by Gasteiger charge is 2.09. The molecule has 2 heterocycles. The van der Waals surface area contributed by atoms with Crippen LogP contribution >= 0.6 is 0 Å². The molecule has 0 bridgehead atoms. The Bertz CT molecular complexity index is 872. The van der Waals surface area contributed by atoms with Crippen LogP contribution in [0.3, 0.4) is 0 Å². The number of ether oxygens (including phenoxy) is 1. The van der Waals surface area contributed by atoms with Crippen molar-refractivity contribution >= 4 is 17.2 Å². The number of hydrogen-bond donors (Lipinski definition) is 1. The van der Waals surface area contributed by atoms with Crippen molar-refractivity contribution in [1.29, 1.82) is 0 Å². The number of aromatic nitrogens is 2. The molecule has 3 aromatic rings. The number of benzene rings is 1. The molecule has 1 amide bonds. The van der Waals surface area contributed by atoms with Gasteiger partial charge in [-0.1, -0.05) is 13.8 Å². The van der Waals surface area contributed by atoms with Crippen molar-refractivity contribution in [2.75, 3.05) is 11.9 Å². The van der Waals surface area contributed by atoms with Crippen LogP contribution < -0.4 is 10.1 Å². The molecule has 6 heteroatoms. The first kappa shape index (κ1) is 17.0. The van der Waals surface area contributed by atoms with Gasteiger partial charge in [-0.25, -0.2) is 9.37 Å². The van der Waals surface area contributed by atoms with E-state index in [9.17, 15) is 9.18 Å². The normalized spacial score (nSPS) is 11.0. The van der Waals surface area contributed by atoms with E-state index in [1.165, 1.54) is 12.3 Å². The van der Waals surface area contributed by atoms with Gasteiger partial charge in [0.1, 0.15) is 17.2 Å². The Labute approximate surface area is 145 Å². The summed E-state index contributed by atoms with van der Waals surface area (Å²) in [5, 5.41) is 2.82. The van der Waals surface area contributed by atoms with E-state index in [2.05, 4.69) is 24.1 Å². The molecule has 0 aliphatic carbocycles. The van der Waals surface area contributed by atoms with Crippen LogP contribution in [0.1, 0.15) is 19.5 Å². The summed E-state index contributed by atoms with van der Waals surface area (Å²) in [7, 11) is 0. The summed E-state index contributed by atoms with van der Waals surface area (Å²) in [5.74, 6) is 0.702. The lowest BCUT2D eigenvalue weighted by Crippen LogP contribution is -2.14. The van der Waals surface area contributed by atoms with Gasteiger partial charge in [0.05, 0.1) is 18.7 Å². The summed E-state index contributed by atoms with van der Waals surface area (Å²) in [6.45, 7) is 4.82. The molecular weight excluding hydrogens is 321 g/mol. The summed E-state index contributed by atoms with van der Waals surface area (Å²) < 4.78 is 20.4. The van der Waals surface area contributed by atoms with Gasteiger partial charge in [-0.05, 0) is 42.3 Å². The van der Waals surface area contributed by atoms with Crippen molar-refractivity contribution in [3.8, 4) is 5.75 Å². The van der Waals surface area contributed by atoms with Crippen molar-refractivity contribution in [3.63, 3.8) is 0 Å². The topological polar surface area (TPSA) is 55.6 Å². The number of nitrogens with one attached hydrogen (secondary N) is 1. The summed E-state index contributed by atoms with van der Waals surface area (Å²) >= 11 is 0. The smallest absolute Gasteiger partial charge is 0.230 e. The zero-order chi connectivity index (χ0) is 17.8. The van der Waals surface area contributed by atoms with Crippen LogP contribution in [0.4, 0.5) is 10.1 Å². The van der Waals surface area contributed by atoms with Crippen LogP contribution in [0.2, 0.25) is 0 Å². The van der Waals surface area contributed by atoms with E-state index in [0.717, 1.165) is 5.75 Å². The minimum atomic E-state index is -0.347. The standard InChI is InChI=1S/C19H20FN3O2/c1-13(2)12-25-17-6-4-15(5-7-17)22-19(24)9-16-11-23-10-14(20)3-8-18(23)21-16/h3-8,10-11,13H,9,12H2,1-2H3,(H,22,24). The second-order valence-electron chi connectivity index (χ2n) is 6.30. The minimum absolute atomic E-state index is 0.120. The van der Waals surface area contributed by atoms with Crippen molar-refractivity contribution in [2.45, 2.75) is 20.3 Å². The maximum Gasteiger partial charge on any atom is 0.230 e. The summed E-state index contributed by atoms with van der Waals surface area (Å²) in [5.41, 5.74) is 1.88. The molecular formula is C19H20FN3O2. The molecule has 1 aromatic carbocycles. The molecule has 2 aromatic heterocycles. The number of hydrogen-bond acceptors (Lipinski definition) is 3. The molecule has 25 heavy (non-hydrogen) atoms. The van der Waals surface area contributed by atoms with E-state index in [-0.39, 0.29) is 18.1 Å². The highest BCUT2D eigenvalue weighted by Crippen LogP contribution is 2.17. The fourth-order valence-electron chi connectivity index (χ4n) is 2.37. The molecule has 5 nitrogen and oxygen atoms in total. The molecule has 0 atom stereocenters. The Balaban J connectivity index is 1.59. The van der Waals surface area contributed by atoms with Crippen LogP contribution in [0, 0.1) is 11.7 Å². The van der Waals surface area contributed by atoms with E-state index in [4.69, 9.17) is 4.74 Å². The molecule has 0 aliphatic rings. The van der Waals surface area contributed by atoms with Gasteiger partial charge in [0, 0.05) is 18.1 Å². The molecule has 0 aliphatic heterocycles. The van der Waals surface area contributed by atoms with Gasteiger partial charge < -0.3 is 14.5 Å². The number of fused-ring (bicyclic) bond motifs is 1. The zero-order valence-corrected chi connectivity index (χ0v) is 14.2. The van der Waals surface area contributed by atoms with Crippen LogP contribution in [0.25, 0.3) is 5.65 Å². The molecule has 0 saturated carbocycles. The first-order chi connectivity index (χ1) is 12.0. The second kappa shape index (κ2) is 7.34.